The van der Waals surface area contributed by atoms with E-state index in [1.807, 2.05) is 43.0 Å². The number of carbonyl (C=O) groups excluding carboxylic acids is 1. The number of hydrogen-bond acceptors (Lipinski definition) is 8. The average molecular weight is 563 g/mol. The molecule has 2 aliphatic rings. The van der Waals surface area contributed by atoms with Crippen LogP contribution in [0.1, 0.15) is 31.5 Å². The Morgan fingerprint density at radius 1 is 1.19 bits per heavy atom. The minimum Gasteiger partial charge on any atom is -0.347 e. The van der Waals surface area contributed by atoms with E-state index in [2.05, 4.69) is 10.3 Å². The summed E-state index contributed by atoms with van der Waals surface area (Å²) in [5.41, 5.74) is 0.795. The Labute approximate surface area is 226 Å². The van der Waals surface area contributed by atoms with Crippen LogP contribution >= 0.6 is 22.9 Å². The molecule has 3 aromatic rings. The van der Waals surface area contributed by atoms with Gasteiger partial charge in [-0.25, -0.2) is 18.4 Å². The quantitative estimate of drug-likeness (QED) is 0.492. The summed E-state index contributed by atoms with van der Waals surface area (Å²) in [6.07, 6.45) is 3.55. The van der Waals surface area contributed by atoms with E-state index in [1.54, 1.807) is 24.4 Å². The van der Waals surface area contributed by atoms with Crippen molar-refractivity contribution in [2.75, 3.05) is 45.2 Å². The Balaban J connectivity index is 1.45. The standard InChI is InChI=1S/C25H31ClN6O3S2/c1-16-14-31(37(34,35)23-12-18-4-5-19(26)13-21(18)36-23)15-22(33)32(16)24(17-6-9-27-10-7-17)20-8-11-28-25(29-20)30(2)3/h4-5,8,11-13,16-17,24,27H,6-7,9-10,14-15H2,1-3H3. The molecular weight excluding hydrogens is 532 g/mol. The lowest BCUT2D eigenvalue weighted by atomic mass is 9.86. The van der Waals surface area contributed by atoms with E-state index in [-0.39, 0.29) is 41.2 Å². The summed E-state index contributed by atoms with van der Waals surface area (Å²) < 4.78 is 29.5. The number of sulfonamides is 1. The number of thiophene rings is 1. The van der Waals surface area contributed by atoms with Crippen LogP contribution in [-0.4, -0.2) is 79.8 Å². The van der Waals surface area contributed by atoms with Crippen LogP contribution in [-0.2, 0) is 14.8 Å². The minimum absolute atomic E-state index is 0.200. The van der Waals surface area contributed by atoms with Crippen molar-refractivity contribution in [3.63, 3.8) is 0 Å². The number of fused-ring (bicyclic) bond motifs is 1. The van der Waals surface area contributed by atoms with Crippen molar-refractivity contribution < 1.29 is 13.2 Å². The summed E-state index contributed by atoms with van der Waals surface area (Å²) in [7, 11) is -0.0663. The summed E-state index contributed by atoms with van der Waals surface area (Å²) in [5.74, 6) is 0.593. The van der Waals surface area contributed by atoms with Crippen molar-refractivity contribution in [2.24, 2.45) is 5.92 Å². The van der Waals surface area contributed by atoms with Gasteiger partial charge in [0.05, 0.1) is 18.3 Å². The third-order valence-corrected chi connectivity index (χ3v) is 10.7. The number of nitrogens with one attached hydrogen (secondary N) is 1. The molecule has 2 aliphatic heterocycles. The second-order valence-corrected chi connectivity index (χ2v) is 13.6. The SMILES string of the molecule is CC1CN(S(=O)(=O)c2cc3ccc(Cl)cc3s2)CC(=O)N1C(c1ccnc(N(C)C)n1)C1CCNCC1. The van der Waals surface area contributed by atoms with E-state index in [0.29, 0.717) is 11.0 Å². The number of nitrogens with zero attached hydrogens (tertiary/aromatic N) is 5. The van der Waals surface area contributed by atoms with Crippen LogP contribution in [0.25, 0.3) is 10.1 Å². The summed E-state index contributed by atoms with van der Waals surface area (Å²) in [5, 5.41) is 4.77. The van der Waals surface area contributed by atoms with Gasteiger partial charge >= 0.3 is 0 Å². The van der Waals surface area contributed by atoms with E-state index in [4.69, 9.17) is 16.6 Å². The van der Waals surface area contributed by atoms with Crippen LogP contribution in [0.2, 0.25) is 5.02 Å². The Kier molecular flexibility index (Phi) is 7.43. The first kappa shape index (κ1) is 26.3. The molecule has 2 fully saturated rings. The molecule has 2 aromatic heterocycles. The Morgan fingerprint density at radius 3 is 2.65 bits per heavy atom. The third kappa shape index (κ3) is 5.20. The van der Waals surface area contributed by atoms with Gasteiger partial charge in [0.15, 0.2) is 0 Å². The van der Waals surface area contributed by atoms with Crippen LogP contribution in [0, 0.1) is 5.92 Å². The topological polar surface area (TPSA) is 98.7 Å². The number of aromatic nitrogens is 2. The molecule has 0 bridgehead atoms. The van der Waals surface area contributed by atoms with E-state index in [9.17, 15) is 13.2 Å². The normalized spacial score (nSPS) is 20.9. The van der Waals surface area contributed by atoms with Gasteiger partial charge in [-0.15, -0.1) is 11.3 Å². The molecule has 0 saturated carbocycles. The van der Waals surface area contributed by atoms with Crippen LogP contribution < -0.4 is 10.2 Å². The molecule has 2 atom stereocenters. The molecule has 0 spiro atoms. The van der Waals surface area contributed by atoms with Crippen molar-refractivity contribution >= 4 is 54.9 Å². The Hall–Kier alpha value is -2.31. The number of carbonyl (C=O) groups is 1. The fourth-order valence-electron chi connectivity index (χ4n) is 5.29. The van der Waals surface area contributed by atoms with Gasteiger partial charge in [0.25, 0.3) is 10.0 Å². The maximum absolute atomic E-state index is 13.7. The molecule has 2 saturated heterocycles. The molecule has 4 heterocycles. The Morgan fingerprint density at radius 2 is 1.95 bits per heavy atom. The van der Waals surface area contributed by atoms with Crippen molar-refractivity contribution in [1.82, 2.24) is 24.5 Å². The van der Waals surface area contributed by atoms with E-state index >= 15 is 0 Å². The number of piperidine rings is 1. The number of anilines is 1. The fourth-order valence-corrected chi connectivity index (χ4v) is 8.59. The van der Waals surface area contributed by atoms with Crippen LogP contribution in [0.15, 0.2) is 40.7 Å². The molecule has 0 radical (unpaired) electrons. The highest BCUT2D eigenvalue weighted by Crippen LogP contribution is 2.38. The van der Waals surface area contributed by atoms with E-state index in [0.717, 1.165) is 41.7 Å². The zero-order valence-electron chi connectivity index (χ0n) is 21.1. The van der Waals surface area contributed by atoms with Crippen LogP contribution in [0.4, 0.5) is 5.95 Å². The molecule has 1 amide bonds. The number of piperazine rings is 1. The van der Waals surface area contributed by atoms with Crippen molar-refractivity contribution in [1.29, 1.82) is 0 Å². The zero-order chi connectivity index (χ0) is 26.3. The van der Waals surface area contributed by atoms with Gasteiger partial charge in [-0.2, -0.15) is 4.31 Å². The molecule has 37 heavy (non-hydrogen) atoms. The first-order valence-electron chi connectivity index (χ1n) is 12.4. The summed E-state index contributed by atoms with van der Waals surface area (Å²) in [6, 6.07) is 8.29. The first-order valence-corrected chi connectivity index (χ1v) is 15.0. The van der Waals surface area contributed by atoms with Gasteiger partial charge in [0.2, 0.25) is 11.9 Å². The third-order valence-electron chi connectivity index (χ3n) is 7.09. The minimum atomic E-state index is -3.84. The highest BCUT2D eigenvalue weighted by atomic mass is 35.5. The lowest BCUT2D eigenvalue weighted by Gasteiger charge is -2.46. The van der Waals surface area contributed by atoms with Gasteiger partial charge in [0.1, 0.15) is 4.21 Å². The maximum atomic E-state index is 13.7. The van der Waals surface area contributed by atoms with Gasteiger partial charge < -0.3 is 15.1 Å². The molecular formula is C25H31ClN6O3S2. The molecule has 0 aliphatic carbocycles. The molecule has 198 valence electrons. The predicted octanol–water partition coefficient (Wildman–Crippen LogP) is 3.37. The summed E-state index contributed by atoms with van der Waals surface area (Å²) >= 11 is 7.28. The summed E-state index contributed by atoms with van der Waals surface area (Å²) in [4.78, 5) is 26.6. The van der Waals surface area contributed by atoms with Crippen molar-refractivity contribution in [3.8, 4) is 0 Å². The first-order chi connectivity index (χ1) is 17.6. The molecule has 9 nitrogen and oxygen atoms in total. The second kappa shape index (κ2) is 10.5. The number of hydrogen-bond donors (Lipinski definition) is 1. The van der Waals surface area contributed by atoms with Gasteiger partial charge in [-0.1, -0.05) is 17.7 Å². The Bertz CT molecular complexity index is 1410. The monoisotopic (exact) mass is 562 g/mol. The smallest absolute Gasteiger partial charge is 0.253 e. The number of halogens is 1. The molecule has 2 unspecified atom stereocenters. The zero-order valence-corrected chi connectivity index (χ0v) is 23.5. The van der Waals surface area contributed by atoms with Crippen LogP contribution in [0.3, 0.4) is 0 Å². The van der Waals surface area contributed by atoms with Gasteiger partial charge in [0, 0.05) is 42.6 Å². The number of amides is 1. The highest BCUT2D eigenvalue weighted by Gasteiger charge is 2.43. The summed E-state index contributed by atoms with van der Waals surface area (Å²) in [6.45, 7) is 3.69. The number of rotatable bonds is 6. The van der Waals surface area contributed by atoms with E-state index in [1.165, 1.54) is 15.6 Å². The van der Waals surface area contributed by atoms with Crippen LogP contribution in [0.5, 0.6) is 0 Å². The molecule has 1 aromatic carbocycles. The second-order valence-electron chi connectivity index (χ2n) is 9.90. The lowest BCUT2D eigenvalue weighted by Crippen LogP contribution is -2.59. The van der Waals surface area contributed by atoms with Gasteiger partial charge in [-0.05, 0) is 68.4 Å². The molecule has 1 N–H and O–H groups in total. The highest BCUT2D eigenvalue weighted by molar-refractivity contribution is 7.91. The molecule has 12 heteroatoms. The predicted molar refractivity (Wildman–Crippen MR) is 147 cm³/mol. The lowest BCUT2D eigenvalue weighted by molar-refractivity contribution is -0.142. The van der Waals surface area contributed by atoms with Crippen molar-refractivity contribution in [3.05, 3.63) is 47.2 Å². The fraction of sp³-hybridized carbons (Fsp3) is 0.480. The van der Waals surface area contributed by atoms with Crippen molar-refractivity contribution in [2.45, 2.75) is 36.1 Å². The largest absolute Gasteiger partial charge is 0.347 e. The van der Waals surface area contributed by atoms with Gasteiger partial charge in [-0.3, -0.25) is 4.79 Å². The number of benzene rings is 1. The average Bonchev–Trinajstić information content (AvgIpc) is 3.31. The molecule has 5 rings (SSSR count). The van der Waals surface area contributed by atoms with E-state index < -0.39 is 10.0 Å². The maximum Gasteiger partial charge on any atom is 0.253 e.